The van der Waals surface area contributed by atoms with Crippen LogP contribution in [-0.2, 0) is 0 Å². The van der Waals surface area contributed by atoms with Crippen molar-refractivity contribution >= 4 is 5.96 Å². The maximum Gasteiger partial charge on any atom is 0.185 e. The summed E-state index contributed by atoms with van der Waals surface area (Å²) >= 11 is 0. The zero-order chi connectivity index (χ0) is 17.5. The Balaban J connectivity index is 1.68. The van der Waals surface area contributed by atoms with Gasteiger partial charge in [0, 0.05) is 32.7 Å². The number of hydrogen-bond acceptors (Lipinski definition) is 3. The summed E-state index contributed by atoms with van der Waals surface area (Å²) in [6, 6.07) is 21.8. The zero-order valence-electron chi connectivity index (χ0n) is 14.6. The fourth-order valence-electron chi connectivity index (χ4n) is 3.45. The highest BCUT2D eigenvalue weighted by atomic mass is 15.3. The van der Waals surface area contributed by atoms with Crippen molar-refractivity contribution in [1.82, 2.24) is 9.80 Å². The summed E-state index contributed by atoms with van der Waals surface area (Å²) in [5, 5.41) is 0. The van der Waals surface area contributed by atoms with Crippen LogP contribution in [0, 0.1) is 0 Å². The molecule has 2 aromatic rings. The van der Waals surface area contributed by atoms with E-state index in [2.05, 4.69) is 75.5 Å². The van der Waals surface area contributed by atoms with Gasteiger partial charge in [0.1, 0.15) is 0 Å². The second-order valence-electron chi connectivity index (χ2n) is 6.41. The quantitative estimate of drug-likeness (QED) is 0.621. The molecule has 1 heterocycles. The van der Waals surface area contributed by atoms with Crippen molar-refractivity contribution in [2.75, 3.05) is 39.3 Å². The molecule has 0 aromatic heterocycles. The van der Waals surface area contributed by atoms with Gasteiger partial charge in [0.2, 0.25) is 0 Å². The number of piperazine rings is 1. The van der Waals surface area contributed by atoms with Crippen LogP contribution in [0.3, 0.4) is 0 Å². The number of guanidine groups is 1. The lowest BCUT2D eigenvalue weighted by Gasteiger charge is -2.39. The van der Waals surface area contributed by atoms with Crippen molar-refractivity contribution in [3.63, 3.8) is 0 Å². The number of benzene rings is 2. The van der Waals surface area contributed by atoms with Crippen LogP contribution in [0.15, 0.2) is 65.7 Å². The highest BCUT2D eigenvalue weighted by Gasteiger charge is 2.25. The third-order valence-electron chi connectivity index (χ3n) is 4.71. The van der Waals surface area contributed by atoms with Crippen LogP contribution in [0.4, 0.5) is 0 Å². The van der Waals surface area contributed by atoms with Gasteiger partial charge in [-0.05, 0) is 11.1 Å². The van der Waals surface area contributed by atoms with Gasteiger partial charge in [0.25, 0.3) is 0 Å². The molecule has 1 aliphatic heterocycles. The van der Waals surface area contributed by atoms with Crippen molar-refractivity contribution in [2.45, 2.75) is 6.04 Å². The number of hydrogen-bond donors (Lipinski definition) is 2. The molecule has 1 fully saturated rings. The number of nitrogens with two attached hydrogens (primary N) is 2. The Bertz CT molecular complexity index is 620. The maximum atomic E-state index is 5.40. The molecule has 0 atom stereocenters. The fourth-order valence-corrected chi connectivity index (χ4v) is 3.45. The standard InChI is InChI=1S/C20H27N5/c21-20(22)23-11-12-24-13-15-25(16-14-24)19(17-7-3-1-4-8-17)18-9-5-2-6-10-18/h1-10,19H,11-16H2,(H4,21,22,23). The van der Waals surface area contributed by atoms with Crippen molar-refractivity contribution in [1.29, 1.82) is 0 Å². The van der Waals surface area contributed by atoms with E-state index < -0.39 is 0 Å². The highest BCUT2D eigenvalue weighted by Crippen LogP contribution is 2.29. The monoisotopic (exact) mass is 337 g/mol. The summed E-state index contributed by atoms with van der Waals surface area (Å²) in [5.41, 5.74) is 13.5. The van der Waals surface area contributed by atoms with Crippen LogP contribution in [0.1, 0.15) is 17.2 Å². The molecule has 0 bridgehead atoms. The largest absolute Gasteiger partial charge is 0.370 e. The summed E-state index contributed by atoms with van der Waals surface area (Å²) in [6.45, 7) is 5.73. The van der Waals surface area contributed by atoms with Crippen LogP contribution in [0.5, 0.6) is 0 Å². The van der Waals surface area contributed by atoms with Gasteiger partial charge in [-0.15, -0.1) is 0 Å². The van der Waals surface area contributed by atoms with E-state index in [9.17, 15) is 0 Å². The predicted octanol–water partition coefficient (Wildman–Crippen LogP) is 1.67. The summed E-state index contributed by atoms with van der Waals surface area (Å²) in [7, 11) is 0. The first-order chi connectivity index (χ1) is 12.2. The van der Waals surface area contributed by atoms with Crippen molar-refractivity contribution in [2.24, 2.45) is 16.5 Å². The molecule has 1 saturated heterocycles. The molecule has 4 N–H and O–H groups in total. The van der Waals surface area contributed by atoms with Crippen LogP contribution < -0.4 is 11.5 Å². The first-order valence-electron chi connectivity index (χ1n) is 8.86. The molecule has 0 amide bonds. The van der Waals surface area contributed by atoms with Crippen molar-refractivity contribution in [3.8, 4) is 0 Å². The molecule has 25 heavy (non-hydrogen) atoms. The van der Waals surface area contributed by atoms with E-state index in [1.54, 1.807) is 0 Å². The van der Waals surface area contributed by atoms with Gasteiger partial charge in [-0.25, -0.2) is 0 Å². The number of rotatable bonds is 6. The molecular weight excluding hydrogens is 310 g/mol. The molecule has 5 nitrogen and oxygen atoms in total. The predicted molar refractivity (Wildman–Crippen MR) is 103 cm³/mol. The summed E-state index contributed by atoms with van der Waals surface area (Å²) in [5.74, 6) is 0.173. The summed E-state index contributed by atoms with van der Waals surface area (Å²) in [6.07, 6.45) is 0. The van der Waals surface area contributed by atoms with E-state index in [1.165, 1.54) is 11.1 Å². The smallest absolute Gasteiger partial charge is 0.185 e. The molecule has 5 heteroatoms. The van der Waals surface area contributed by atoms with E-state index in [1.807, 2.05) is 0 Å². The lowest BCUT2D eigenvalue weighted by molar-refractivity contribution is 0.112. The number of aliphatic imine (C=N–C) groups is 1. The minimum absolute atomic E-state index is 0.173. The van der Waals surface area contributed by atoms with Gasteiger partial charge in [-0.1, -0.05) is 60.7 Å². The van der Waals surface area contributed by atoms with Crippen LogP contribution in [-0.4, -0.2) is 55.0 Å². The van der Waals surface area contributed by atoms with E-state index in [4.69, 9.17) is 11.5 Å². The molecule has 0 spiro atoms. The molecule has 1 aliphatic rings. The highest BCUT2D eigenvalue weighted by molar-refractivity contribution is 5.75. The van der Waals surface area contributed by atoms with Crippen LogP contribution in [0.2, 0.25) is 0 Å². The fraction of sp³-hybridized carbons (Fsp3) is 0.350. The number of nitrogens with zero attached hydrogens (tertiary/aromatic N) is 3. The SMILES string of the molecule is NC(N)=NCCN1CCN(C(c2ccccc2)c2ccccc2)CC1. The Morgan fingerprint density at radius 3 is 1.84 bits per heavy atom. The van der Waals surface area contributed by atoms with Crippen LogP contribution in [0.25, 0.3) is 0 Å². The minimum atomic E-state index is 0.173. The van der Waals surface area contributed by atoms with Gasteiger partial charge in [-0.2, -0.15) is 0 Å². The van der Waals surface area contributed by atoms with E-state index in [0.717, 1.165) is 32.7 Å². The Hall–Kier alpha value is -2.37. The molecule has 0 unspecified atom stereocenters. The third kappa shape index (κ3) is 4.81. The van der Waals surface area contributed by atoms with Crippen molar-refractivity contribution in [3.05, 3.63) is 71.8 Å². The second-order valence-corrected chi connectivity index (χ2v) is 6.41. The normalized spacial score (nSPS) is 16.0. The van der Waals surface area contributed by atoms with Gasteiger partial charge >= 0.3 is 0 Å². The zero-order valence-corrected chi connectivity index (χ0v) is 14.6. The molecule has 0 radical (unpaired) electrons. The third-order valence-corrected chi connectivity index (χ3v) is 4.71. The molecule has 3 rings (SSSR count). The topological polar surface area (TPSA) is 70.9 Å². The van der Waals surface area contributed by atoms with Gasteiger partial charge < -0.3 is 11.5 Å². The molecular formula is C20H27N5. The first kappa shape index (κ1) is 17.5. The van der Waals surface area contributed by atoms with Crippen LogP contribution >= 0.6 is 0 Å². The molecule has 0 saturated carbocycles. The minimum Gasteiger partial charge on any atom is -0.370 e. The van der Waals surface area contributed by atoms with Gasteiger partial charge in [0.05, 0.1) is 12.6 Å². The van der Waals surface area contributed by atoms with E-state index in [0.29, 0.717) is 12.6 Å². The molecule has 0 aliphatic carbocycles. The summed E-state index contributed by atoms with van der Waals surface area (Å²) < 4.78 is 0. The lowest BCUT2D eigenvalue weighted by Crippen LogP contribution is -2.48. The molecule has 2 aromatic carbocycles. The Morgan fingerprint density at radius 2 is 1.36 bits per heavy atom. The van der Waals surface area contributed by atoms with E-state index >= 15 is 0 Å². The Kier molecular flexibility index (Phi) is 6.04. The Labute approximate surface area is 149 Å². The van der Waals surface area contributed by atoms with Gasteiger partial charge in [-0.3, -0.25) is 14.8 Å². The lowest BCUT2D eigenvalue weighted by atomic mass is 9.96. The van der Waals surface area contributed by atoms with Crippen molar-refractivity contribution < 1.29 is 0 Å². The average Bonchev–Trinajstić information content (AvgIpc) is 2.65. The maximum absolute atomic E-state index is 5.40. The Morgan fingerprint density at radius 1 is 0.840 bits per heavy atom. The van der Waals surface area contributed by atoms with E-state index in [-0.39, 0.29) is 5.96 Å². The molecule has 132 valence electrons. The average molecular weight is 337 g/mol. The first-order valence-corrected chi connectivity index (χ1v) is 8.86. The second kappa shape index (κ2) is 8.65. The summed E-state index contributed by atoms with van der Waals surface area (Å²) in [4.78, 5) is 9.08. The van der Waals surface area contributed by atoms with Gasteiger partial charge in [0.15, 0.2) is 5.96 Å².